The lowest BCUT2D eigenvalue weighted by Crippen LogP contribution is -2.55. The number of nitrogens with zero attached hydrogens (tertiary/aromatic N) is 7. The summed E-state index contributed by atoms with van der Waals surface area (Å²) in [5, 5.41) is 6.22. The van der Waals surface area contributed by atoms with Gasteiger partial charge < -0.3 is 29.4 Å². The molecule has 0 radical (unpaired) electrons. The van der Waals surface area contributed by atoms with Gasteiger partial charge in [0.05, 0.1) is 23.7 Å². The number of aryl methyl sites for hydroxylation is 1. The summed E-state index contributed by atoms with van der Waals surface area (Å²) in [5.41, 5.74) is 7.40. The minimum atomic E-state index is -0.323. The molecule has 3 aliphatic heterocycles. The number of carbonyl (C=O) groups is 2. The van der Waals surface area contributed by atoms with Crippen molar-refractivity contribution in [3.8, 4) is 11.3 Å². The van der Waals surface area contributed by atoms with Crippen LogP contribution in [0, 0.1) is 12.3 Å². The molecule has 54 heavy (non-hydrogen) atoms. The first kappa shape index (κ1) is 35.7. The fraction of sp³-hybridized carbons (Fsp3) is 0.439. The molecule has 6 heterocycles. The normalized spacial score (nSPS) is 20.9. The van der Waals surface area contributed by atoms with E-state index in [1.54, 1.807) is 24.3 Å². The van der Waals surface area contributed by atoms with Gasteiger partial charge in [-0.15, -0.1) is 0 Å². The van der Waals surface area contributed by atoms with Gasteiger partial charge in [-0.25, -0.2) is 9.97 Å². The van der Waals surface area contributed by atoms with Gasteiger partial charge in [0, 0.05) is 93.4 Å². The van der Waals surface area contributed by atoms with Crippen LogP contribution < -0.4 is 26.0 Å². The third-order valence-electron chi connectivity index (χ3n) is 11.5. The number of nitrogens with one attached hydrogen (secondary N) is 2. The number of hydrogen-bond donors (Lipinski definition) is 2. The van der Waals surface area contributed by atoms with Gasteiger partial charge >= 0.3 is 0 Å². The van der Waals surface area contributed by atoms with Gasteiger partial charge in [0.15, 0.2) is 5.82 Å². The maximum atomic E-state index is 13.9. The number of fused-ring (bicyclic) bond motifs is 3. The van der Waals surface area contributed by atoms with E-state index in [0.717, 1.165) is 68.9 Å². The number of carbonyl (C=O) groups excluding carboxylic acids is 2. The zero-order valence-corrected chi connectivity index (χ0v) is 31.8. The lowest BCUT2D eigenvalue weighted by molar-refractivity contribution is -0.111. The number of aromatic nitrogens is 4. The van der Waals surface area contributed by atoms with E-state index in [-0.39, 0.29) is 34.6 Å². The highest BCUT2D eigenvalue weighted by Gasteiger charge is 2.37. The van der Waals surface area contributed by atoms with E-state index in [1.807, 2.05) is 31.2 Å². The molecule has 1 aliphatic carbocycles. The molecule has 2 amide bonds. The summed E-state index contributed by atoms with van der Waals surface area (Å²) in [6.45, 7) is 17.7. The second-order valence-corrected chi connectivity index (χ2v) is 15.9. The fourth-order valence-electron chi connectivity index (χ4n) is 8.77. The number of hydrogen-bond acceptors (Lipinski definition) is 9. The van der Waals surface area contributed by atoms with Crippen LogP contribution in [0.25, 0.3) is 11.3 Å². The van der Waals surface area contributed by atoms with Crippen molar-refractivity contribution < 1.29 is 14.3 Å². The first-order chi connectivity index (χ1) is 25.9. The molecule has 2 atom stereocenters. The highest BCUT2D eigenvalue weighted by molar-refractivity contribution is 6.06. The van der Waals surface area contributed by atoms with Crippen LogP contribution in [0.5, 0.6) is 0 Å². The summed E-state index contributed by atoms with van der Waals surface area (Å²) in [5.74, 6) is 0.336. The molecule has 1 aromatic carbocycles. The summed E-state index contributed by atoms with van der Waals surface area (Å²) < 4.78 is 9.34. The van der Waals surface area contributed by atoms with Crippen LogP contribution in [0.3, 0.4) is 0 Å². The Bertz CT molecular complexity index is 2220. The summed E-state index contributed by atoms with van der Waals surface area (Å²) >= 11 is 0. The smallest absolute Gasteiger partial charge is 0.293 e. The molecule has 0 bridgehead atoms. The first-order valence-corrected chi connectivity index (χ1v) is 18.9. The van der Waals surface area contributed by atoms with Gasteiger partial charge in [-0.1, -0.05) is 20.4 Å². The van der Waals surface area contributed by atoms with Crippen molar-refractivity contribution in [2.24, 2.45) is 12.5 Å². The molecular weight excluding hydrogens is 683 g/mol. The summed E-state index contributed by atoms with van der Waals surface area (Å²) in [6.07, 6.45) is 7.64. The SMILES string of the molecule is C=CC(=O)Nc1cc(Nc2nc(-c3ccnc(N4CCn5c(cc6c5CC(C)(C)C6)C4=O)c3C)cn(C)c2=O)ccc1N1CCN([C@@H]2CCOC2)C[C@@H]1C. The molecular formula is C41H49N9O4. The quantitative estimate of drug-likeness (QED) is 0.243. The Balaban J connectivity index is 1.06. The van der Waals surface area contributed by atoms with Crippen molar-refractivity contribution in [1.82, 2.24) is 24.0 Å². The lowest BCUT2D eigenvalue weighted by atomic mass is 9.90. The minimum absolute atomic E-state index is 0.0561. The third-order valence-corrected chi connectivity index (χ3v) is 11.5. The van der Waals surface area contributed by atoms with E-state index in [2.05, 4.69) is 63.4 Å². The highest BCUT2D eigenvalue weighted by Crippen LogP contribution is 2.40. The second-order valence-electron chi connectivity index (χ2n) is 15.9. The van der Waals surface area contributed by atoms with Gasteiger partial charge in [0.25, 0.3) is 11.5 Å². The standard InChI is InChI=1S/C41H49N9O4/c1-7-36(51)44-31-19-28(8-9-33(31)48-14-13-47(22-25(48)2)29-11-17-54-24-29)43-37-40(53)46(6)23-32(45-37)30-10-12-42-38(26(30)3)50-16-15-49-34(39(50)52)18-27-20-41(4,5)21-35(27)49/h7-10,12,18-19,23,25,29H,1,11,13-17,20-22,24H2,2-6H3,(H,43,45)(H,44,51)/t25-,29+/m0/s1. The Kier molecular flexibility index (Phi) is 9.17. The topological polar surface area (TPSA) is 130 Å². The Morgan fingerprint density at radius 3 is 2.69 bits per heavy atom. The summed E-state index contributed by atoms with van der Waals surface area (Å²) in [4.78, 5) is 56.1. The number of piperazine rings is 1. The molecule has 0 saturated carbocycles. The van der Waals surface area contributed by atoms with Gasteiger partial charge in [-0.2, -0.15) is 0 Å². The number of ether oxygens (including phenoxy) is 1. The minimum Gasteiger partial charge on any atom is -0.380 e. The largest absolute Gasteiger partial charge is 0.380 e. The van der Waals surface area contributed by atoms with Gasteiger partial charge in [0.1, 0.15) is 11.5 Å². The van der Waals surface area contributed by atoms with Crippen LogP contribution in [0.4, 0.5) is 28.7 Å². The number of rotatable bonds is 8. The van der Waals surface area contributed by atoms with Gasteiger partial charge in [0.2, 0.25) is 5.91 Å². The number of pyridine rings is 1. The maximum Gasteiger partial charge on any atom is 0.293 e. The number of amides is 2. The zero-order chi connectivity index (χ0) is 37.9. The molecule has 3 aromatic heterocycles. The monoisotopic (exact) mass is 731 g/mol. The molecule has 2 N–H and O–H groups in total. The van der Waals surface area contributed by atoms with Crippen LogP contribution in [0.2, 0.25) is 0 Å². The molecule has 8 rings (SSSR count). The van der Waals surface area contributed by atoms with E-state index in [1.165, 1.54) is 21.9 Å². The Morgan fingerprint density at radius 1 is 1.09 bits per heavy atom. The summed E-state index contributed by atoms with van der Waals surface area (Å²) in [6, 6.07) is 10.3. The molecule has 2 saturated heterocycles. The number of anilines is 5. The van der Waals surface area contributed by atoms with Crippen molar-refractivity contribution in [2.75, 3.05) is 59.8 Å². The van der Waals surface area contributed by atoms with Crippen LogP contribution >= 0.6 is 0 Å². The molecule has 0 spiro atoms. The van der Waals surface area contributed by atoms with Crippen LogP contribution in [0.15, 0.2) is 60.2 Å². The van der Waals surface area contributed by atoms with E-state index >= 15 is 0 Å². The van der Waals surface area contributed by atoms with E-state index in [4.69, 9.17) is 9.72 Å². The number of benzene rings is 1. The third kappa shape index (κ3) is 6.49. The second kappa shape index (κ2) is 13.9. The molecule has 282 valence electrons. The molecule has 13 heteroatoms. The molecule has 0 unspecified atom stereocenters. The van der Waals surface area contributed by atoms with Crippen LogP contribution in [0.1, 0.15) is 54.5 Å². The maximum absolute atomic E-state index is 13.9. The summed E-state index contributed by atoms with van der Waals surface area (Å²) in [7, 11) is 1.69. The molecule has 2 fully saturated rings. The fourth-order valence-corrected chi connectivity index (χ4v) is 8.77. The average molecular weight is 732 g/mol. The van der Waals surface area contributed by atoms with Crippen molar-refractivity contribution in [3.63, 3.8) is 0 Å². The van der Waals surface area contributed by atoms with Crippen molar-refractivity contribution >= 4 is 40.5 Å². The van der Waals surface area contributed by atoms with E-state index in [9.17, 15) is 14.4 Å². The van der Waals surface area contributed by atoms with E-state index < -0.39 is 0 Å². The predicted molar refractivity (Wildman–Crippen MR) is 211 cm³/mol. The van der Waals surface area contributed by atoms with Gasteiger partial charge in [-0.3, -0.25) is 24.2 Å². The van der Waals surface area contributed by atoms with E-state index in [0.29, 0.717) is 47.7 Å². The first-order valence-electron chi connectivity index (χ1n) is 18.9. The van der Waals surface area contributed by atoms with Crippen LogP contribution in [-0.4, -0.2) is 87.3 Å². The Morgan fingerprint density at radius 2 is 1.93 bits per heavy atom. The average Bonchev–Trinajstić information content (AvgIpc) is 3.87. The molecule has 13 nitrogen and oxygen atoms in total. The van der Waals surface area contributed by atoms with Crippen LogP contribution in [-0.2, 0) is 36.0 Å². The zero-order valence-electron chi connectivity index (χ0n) is 31.8. The predicted octanol–water partition coefficient (Wildman–Crippen LogP) is 4.90. The Hall–Kier alpha value is -5.27. The lowest BCUT2D eigenvalue weighted by Gasteiger charge is -2.43. The molecule has 4 aliphatic rings. The van der Waals surface area contributed by atoms with Crippen molar-refractivity contribution in [3.05, 3.63) is 88.2 Å². The highest BCUT2D eigenvalue weighted by atomic mass is 16.5. The Labute approximate surface area is 315 Å². The molecule has 4 aromatic rings. The van der Waals surface area contributed by atoms with Gasteiger partial charge in [-0.05, 0) is 80.5 Å². The van der Waals surface area contributed by atoms with Crippen molar-refractivity contribution in [2.45, 2.75) is 65.6 Å². The van der Waals surface area contributed by atoms with Crippen molar-refractivity contribution in [1.29, 1.82) is 0 Å².